The fraction of sp³-hybridized carbons (Fsp3) is 0.214. The molecule has 4 heteroatoms. The number of hydrogen-bond donors (Lipinski definition) is 0. The van der Waals surface area contributed by atoms with Gasteiger partial charge in [-0.15, -0.1) is 0 Å². The predicted molar refractivity (Wildman–Crippen MR) is 67.4 cm³/mol. The van der Waals surface area contributed by atoms with Crippen molar-refractivity contribution >= 4 is 22.5 Å². The van der Waals surface area contributed by atoms with Crippen LogP contribution in [0.2, 0.25) is 0 Å². The Morgan fingerprint density at radius 1 is 1.22 bits per heavy atom. The number of Topliss-reactive ketones (excluding diaryl/α,β-unsaturated/α-hetero) is 1. The van der Waals surface area contributed by atoms with E-state index in [-0.39, 0.29) is 6.61 Å². The molecule has 2 rings (SSSR count). The van der Waals surface area contributed by atoms with Crippen LogP contribution in [0, 0.1) is 6.92 Å². The number of rotatable bonds is 3. The Morgan fingerprint density at radius 2 is 2.00 bits per heavy atom. The zero-order chi connectivity index (χ0) is 13.1. The van der Waals surface area contributed by atoms with Crippen molar-refractivity contribution in [3.63, 3.8) is 0 Å². The van der Waals surface area contributed by atoms with E-state index in [1.54, 1.807) is 31.3 Å². The second kappa shape index (κ2) is 4.96. The number of nitrogens with zero attached hydrogens (tertiary/aromatic N) is 1. The Labute approximate surface area is 105 Å². The Kier molecular flexibility index (Phi) is 3.37. The van der Waals surface area contributed by atoms with Crippen molar-refractivity contribution in [2.45, 2.75) is 13.8 Å². The number of ketones is 1. The molecule has 0 saturated carbocycles. The van der Waals surface area contributed by atoms with Gasteiger partial charge in [0.1, 0.15) is 0 Å². The van der Waals surface area contributed by atoms with Crippen molar-refractivity contribution in [1.29, 1.82) is 0 Å². The summed E-state index contributed by atoms with van der Waals surface area (Å²) < 4.78 is 4.69. The number of hydrogen-bond acceptors (Lipinski definition) is 4. The van der Waals surface area contributed by atoms with Crippen LogP contribution in [0.4, 0.5) is 0 Å². The van der Waals surface area contributed by atoms with Crippen LogP contribution in [0.1, 0.15) is 23.0 Å². The first-order valence-corrected chi connectivity index (χ1v) is 5.69. The number of carbonyl (C=O) groups excluding carboxylic acids is 2. The topological polar surface area (TPSA) is 56.3 Å². The summed E-state index contributed by atoms with van der Waals surface area (Å²) in [5.74, 6) is -1.45. The van der Waals surface area contributed by atoms with Crippen LogP contribution in [-0.4, -0.2) is 23.3 Å². The smallest absolute Gasteiger partial charge is 0.379 e. The molecule has 0 aliphatic rings. The van der Waals surface area contributed by atoms with Crippen molar-refractivity contribution in [1.82, 2.24) is 4.98 Å². The number of ether oxygens (including phenoxy) is 1. The van der Waals surface area contributed by atoms with Gasteiger partial charge in [-0.2, -0.15) is 0 Å². The summed E-state index contributed by atoms with van der Waals surface area (Å²) in [5, 5.41) is 1.82. The molecule has 0 bridgehead atoms. The Morgan fingerprint density at radius 3 is 2.72 bits per heavy atom. The normalized spacial score (nSPS) is 10.3. The van der Waals surface area contributed by atoms with E-state index in [4.69, 9.17) is 0 Å². The fourth-order valence-electron chi connectivity index (χ4n) is 1.71. The second-order valence-corrected chi connectivity index (χ2v) is 3.94. The fourth-order valence-corrected chi connectivity index (χ4v) is 1.71. The molecule has 0 unspecified atom stereocenters. The lowest BCUT2D eigenvalue weighted by Crippen LogP contribution is -2.17. The summed E-state index contributed by atoms with van der Waals surface area (Å²) in [6, 6.07) is 7.01. The number of carbonyl (C=O) groups is 2. The average Bonchev–Trinajstić information content (AvgIpc) is 2.37. The highest BCUT2D eigenvalue weighted by atomic mass is 16.5. The molecule has 0 fully saturated rings. The molecule has 0 atom stereocenters. The van der Waals surface area contributed by atoms with E-state index in [1.165, 1.54) is 0 Å². The monoisotopic (exact) mass is 243 g/mol. The van der Waals surface area contributed by atoms with Gasteiger partial charge in [0, 0.05) is 22.8 Å². The third-order valence-electron chi connectivity index (χ3n) is 2.58. The SMILES string of the molecule is CCOC(=O)C(=O)c1ccc2cc(C)ncc2c1. The number of esters is 1. The molecular weight excluding hydrogens is 230 g/mol. The van der Waals surface area contributed by atoms with Crippen LogP contribution in [0.5, 0.6) is 0 Å². The highest BCUT2D eigenvalue weighted by Crippen LogP contribution is 2.16. The first-order chi connectivity index (χ1) is 8.61. The van der Waals surface area contributed by atoms with Crippen LogP contribution in [0.3, 0.4) is 0 Å². The summed E-state index contributed by atoms with van der Waals surface area (Å²) in [4.78, 5) is 27.3. The van der Waals surface area contributed by atoms with Crippen LogP contribution in [-0.2, 0) is 9.53 Å². The molecule has 0 spiro atoms. The van der Waals surface area contributed by atoms with Gasteiger partial charge in [-0.3, -0.25) is 9.78 Å². The Hall–Kier alpha value is -2.23. The van der Waals surface area contributed by atoms with Crippen molar-refractivity contribution in [2.24, 2.45) is 0 Å². The largest absolute Gasteiger partial charge is 0.460 e. The van der Waals surface area contributed by atoms with Crippen molar-refractivity contribution in [3.05, 3.63) is 41.7 Å². The molecule has 0 aliphatic carbocycles. The second-order valence-electron chi connectivity index (χ2n) is 3.94. The molecule has 0 radical (unpaired) electrons. The highest BCUT2D eigenvalue weighted by Gasteiger charge is 2.17. The van der Waals surface area contributed by atoms with Crippen molar-refractivity contribution < 1.29 is 14.3 Å². The molecule has 0 N–H and O–H groups in total. The minimum atomic E-state index is -0.822. The lowest BCUT2D eigenvalue weighted by atomic mass is 10.1. The number of fused-ring (bicyclic) bond motifs is 1. The lowest BCUT2D eigenvalue weighted by Gasteiger charge is -2.03. The molecule has 1 aromatic heterocycles. The molecule has 0 amide bonds. The Balaban J connectivity index is 2.38. The maximum absolute atomic E-state index is 11.8. The minimum absolute atomic E-state index is 0.193. The summed E-state index contributed by atoms with van der Waals surface area (Å²) in [6.07, 6.45) is 1.69. The minimum Gasteiger partial charge on any atom is -0.460 e. The molecule has 2 aromatic rings. The molecule has 0 saturated heterocycles. The van der Waals surface area contributed by atoms with Gasteiger partial charge < -0.3 is 4.74 Å². The summed E-state index contributed by atoms with van der Waals surface area (Å²) in [5.41, 5.74) is 1.23. The molecule has 92 valence electrons. The Bertz CT molecular complexity index is 619. The van der Waals surface area contributed by atoms with E-state index >= 15 is 0 Å². The maximum Gasteiger partial charge on any atom is 0.379 e. The van der Waals surface area contributed by atoms with Gasteiger partial charge in [-0.1, -0.05) is 12.1 Å². The number of benzene rings is 1. The van der Waals surface area contributed by atoms with E-state index in [9.17, 15) is 9.59 Å². The maximum atomic E-state index is 11.8. The van der Waals surface area contributed by atoms with Gasteiger partial charge >= 0.3 is 5.97 Å². The third kappa shape index (κ3) is 2.37. The van der Waals surface area contributed by atoms with Gasteiger partial charge in [0.05, 0.1) is 6.61 Å². The highest BCUT2D eigenvalue weighted by molar-refractivity contribution is 6.40. The third-order valence-corrected chi connectivity index (χ3v) is 2.58. The van der Waals surface area contributed by atoms with E-state index in [2.05, 4.69) is 9.72 Å². The van der Waals surface area contributed by atoms with Gasteiger partial charge in [-0.25, -0.2) is 4.79 Å². The molecule has 1 aromatic carbocycles. The quantitative estimate of drug-likeness (QED) is 0.471. The zero-order valence-electron chi connectivity index (χ0n) is 10.3. The molecule has 4 nitrogen and oxygen atoms in total. The zero-order valence-corrected chi connectivity index (χ0v) is 10.3. The first-order valence-electron chi connectivity index (χ1n) is 5.69. The predicted octanol–water partition coefficient (Wildman–Crippen LogP) is 2.29. The van der Waals surface area contributed by atoms with E-state index < -0.39 is 11.8 Å². The van der Waals surface area contributed by atoms with Gasteiger partial charge in [0.2, 0.25) is 0 Å². The summed E-state index contributed by atoms with van der Waals surface area (Å²) in [7, 11) is 0. The number of aryl methyl sites for hydroxylation is 1. The van der Waals surface area contributed by atoms with E-state index in [0.29, 0.717) is 5.56 Å². The molecule has 18 heavy (non-hydrogen) atoms. The van der Waals surface area contributed by atoms with Crippen molar-refractivity contribution in [2.75, 3.05) is 6.61 Å². The van der Waals surface area contributed by atoms with Crippen LogP contribution < -0.4 is 0 Å². The molecular formula is C14H13NO3. The van der Waals surface area contributed by atoms with Crippen LogP contribution in [0.15, 0.2) is 30.5 Å². The summed E-state index contributed by atoms with van der Waals surface area (Å²) in [6.45, 7) is 3.76. The average molecular weight is 243 g/mol. The van der Waals surface area contributed by atoms with Crippen molar-refractivity contribution in [3.8, 4) is 0 Å². The number of aromatic nitrogens is 1. The van der Waals surface area contributed by atoms with E-state index in [0.717, 1.165) is 16.5 Å². The standard InChI is InChI=1S/C14H13NO3/c1-3-18-14(17)13(16)11-5-4-10-6-9(2)15-8-12(10)7-11/h4-8H,3H2,1-2H3. The van der Waals surface area contributed by atoms with Crippen LogP contribution >= 0.6 is 0 Å². The lowest BCUT2D eigenvalue weighted by molar-refractivity contribution is -0.137. The van der Waals surface area contributed by atoms with E-state index in [1.807, 2.05) is 13.0 Å². The van der Waals surface area contributed by atoms with Gasteiger partial charge in [0.15, 0.2) is 0 Å². The van der Waals surface area contributed by atoms with Crippen LogP contribution in [0.25, 0.3) is 10.8 Å². The molecule has 1 heterocycles. The first kappa shape index (κ1) is 12.2. The summed E-state index contributed by atoms with van der Waals surface area (Å²) >= 11 is 0. The van der Waals surface area contributed by atoms with Gasteiger partial charge in [-0.05, 0) is 31.4 Å². The molecule has 0 aliphatic heterocycles. The van der Waals surface area contributed by atoms with Gasteiger partial charge in [0.25, 0.3) is 5.78 Å². The number of pyridine rings is 1.